The van der Waals surface area contributed by atoms with E-state index in [9.17, 15) is 0 Å². The lowest BCUT2D eigenvalue weighted by Gasteiger charge is -1.92. The maximum atomic E-state index is 3.95. The van der Waals surface area contributed by atoms with Crippen molar-refractivity contribution in [3.8, 4) is 0 Å². The third-order valence-corrected chi connectivity index (χ3v) is 1.99. The molecule has 4 heteroatoms. The summed E-state index contributed by atoms with van der Waals surface area (Å²) in [6.07, 6.45) is 3.62. The van der Waals surface area contributed by atoms with Gasteiger partial charge in [0.25, 0.3) is 0 Å². The predicted octanol–water partition coefficient (Wildman–Crippen LogP) is 1.21. The number of aromatic nitrogens is 4. The van der Waals surface area contributed by atoms with Gasteiger partial charge in [0.15, 0.2) is 5.65 Å². The second-order valence-corrected chi connectivity index (χ2v) is 2.67. The molecule has 0 spiro atoms. The van der Waals surface area contributed by atoms with Crippen LogP contribution in [0.5, 0.6) is 0 Å². The Kier molecular flexibility index (Phi) is 0.889. The molecule has 0 saturated carbocycles. The Bertz CT molecular complexity index is 484. The Morgan fingerprint density at radius 2 is 2.25 bits per heavy atom. The first-order valence-electron chi connectivity index (χ1n) is 3.71. The molecule has 0 aliphatic rings. The van der Waals surface area contributed by atoms with Crippen molar-refractivity contribution in [1.29, 1.82) is 0 Å². The summed E-state index contributed by atoms with van der Waals surface area (Å²) in [6.45, 7) is 0. The second kappa shape index (κ2) is 1.85. The minimum absolute atomic E-state index is 0.877. The molecule has 12 heavy (non-hydrogen) atoms. The number of hydrogen-bond donors (Lipinski definition) is 1. The molecule has 0 bridgehead atoms. The Hall–Kier alpha value is -1.84. The van der Waals surface area contributed by atoms with Crippen molar-refractivity contribution < 1.29 is 0 Å². The molecule has 4 nitrogen and oxygen atoms in total. The third kappa shape index (κ3) is 0.567. The molecule has 3 aromatic rings. The van der Waals surface area contributed by atoms with E-state index >= 15 is 0 Å². The van der Waals surface area contributed by atoms with Gasteiger partial charge in [0.05, 0.1) is 11.0 Å². The fourth-order valence-electron chi connectivity index (χ4n) is 1.42. The maximum Gasteiger partial charge on any atom is 0.161 e. The second-order valence-electron chi connectivity index (χ2n) is 2.67. The van der Waals surface area contributed by atoms with Gasteiger partial charge in [-0.2, -0.15) is 0 Å². The first-order chi connectivity index (χ1) is 5.95. The summed E-state index contributed by atoms with van der Waals surface area (Å²) in [5, 5.41) is 7.78. The molecule has 0 aliphatic carbocycles. The highest BCUT2D eigenvalue weighted by Gasteiger charge is 1.99. The van der Waals surface area contributed by atoms with E-state index in [1.54, 1.807) is 6.33 Å². The van der Waals surface area contributed by atoms with Crippen molar-refractivity contribution in [3.63, 3.8) is 0 Å². The predicted molar refractivity (Wildman–Crippen MR) is 44.8 cm³/mol. The number of rotatable bonds is 0. The highest BCUT2D eigenvalue weighted by molar-refractivity contribution is 5.78. The highest BCUT2D eigenvalue weighted by atomic mass is 15.2. The van der Waals surface area contributed by atoms with Gasteiger partial charge >= 0.3 is 0 Å². The fourth-order valence-corrected chi connectivity index (χ4v) is 1.42. The van der Waals surface area contributed by atoms with Crippen molar-refractivity contribution >= 4 is 16.7 Å². The van der Waals surface area contributed by atoms with E-state index < -0.39 is 0 Å². The number of aromatic amines is 1. The minimum Gasteiger partial charge on any atom is -0.360 e. The largest absolute Gasteiger partial charge is 0.360 e. The average molecular weight is 158 g/mol. The van der Waals surface area contributed by atoms with Gasteiger partial charge in [0.2, 0.25) is 0 Å². The molecule has 3 aromatic heterocycles. The number of fused-ring (bicyclic) bond motifs is 3. The van der Waals surface area contributed by atoms with Crippen LogP contribution in [0, 0.1) is 0 Å². The van der Waals surface area contributed by atoms with Gasteiger partial charge in [0, 0.05) is 6.20 Å². The smallest absolute Gasteiger partial charge is 0.161 e. The molecule has 58 valence electrons. The van der Waals surface area contributed by atoms with Crippen LogP contribution in [0.3, 0.4) is 0 Å². The van der Waals surface area contributed by atoms with Crippen LogP contribution in [-0.4, -0.2) is 19.6 Å². The van der Waals surface area contributed by atoms with Crippen LogP contribution in [0.1, 0.15) is 0 Å². The summed E-state index contributed by atoms with van der Waals surface area (Å²) in [7, 11) is 0. The van der Waals surface area contributed by atoms with Crippen LogP contribution >= 0.6 is 0 Å². The van der Waals surface area contributed by atoms with Crippen LogP contribution < -0.4 is 0 Å². The first-order valence-corrected chi connectivity index (χ1v) is 3.71. The van der Waals surface area contributed by atoms with Gasteiger partial charge in [-0.05, 0) is 18.2 Å². The number of pyridine rings is 1. The number of hydrogen-bond acceptors (Lipinski definition) is 2. The van der Waals surface area contributed by atoms with Crippen LogP contribution in [0.25, 0.3) is 16.7 Å². The minimum atomic E-state index is 0.877. The van der Waals surface area contributed by atoms with E-state index in [1.165, 1.54) is 0 Å². The van der Waals surface area contributed by atoms with E-state index in [4.69, 9.17) is 0 Å². The van der Waals surface area contributed by atoms with Gasteiger partial charge < -0.3 is 4.98 Å². The molecule has 3 heterocycles. The molecular formula is C8H6N4. The van der Waals surface area contributed by atoms with E-state index in [-0.39, 0.29) is 0 Å². The van der Waals surface area contributed by atoms with Crippen LogP contribution in [0.2, 0.25) is 0 Å². The number of H-pyrrole nitrogens is 1. The molecule has 0 aromatic carbocycles. The van der Waals surface area contributed by atoms with Crippen LogP contribution in [0.4, 0.5) is 0 Å². The molecule has 0 unspecified atom stereocenters. The lowest BCUT2D eigenvalue weighted by molar-refractivity contribution is 1.11. The zero-order valence-corrected chi connectivity index (χ0v) is 6.23. The third-order valence-electron chi connectivity index (χ3n) is 1.99. The quantitative estimate of drug-likeness (QED) is 0.534. The molecule has 0 aliphatic heterocycles. The molecule has 0 fully saturated rings. The summed E-state index contributed by atoms with van der Waals surface area (Å²) in [4.78, 5) is 3.13. The SMILES string of the molecule is c1cc2c(ccc3nncn32)[nH]1. The standard InChI is InChI=1S/C8H6N4/c1-2-8-11-10-5-12(8)7-3-4-9-6(1)7/h1-5,9H. The summed E-state index contributed by atoms with van der Waals surface area (Å²) in [6, 6.07) is 5.94. The fraction of sp³-hybridized carbons (Fsp3) is 0. The lowest BCUT2D eigenvalue weighted by Crippen LogP contribution is -1.82. The average Bonchev–Trinajstić information content (AvgIpc) is 2.71. The Morgan fingerprint density at radius 3 is 3.25 bits per heavy atom. The van der Waals surface area contributed by atoms with Crippen molar-refractivity contribution in [3.05, 3.63) is 30.7 Å². The van der Waals surface area contributed by atoms with E-state index in [0.29, 0.717) is 0 Å². The Morgan fingerprint density at radius 1 is 1.25 bits per heavy atom. The van der Waals surface area contributed by atoms with Crippen molar-refractivity contribution in [2.45, 2.75) is 0 Å². The van der Waals surface area contributed by atoms with Crippen molar-refractivity contribution in [1.82, 2.24) is 19.6 Å². The van der Waals surface area contributed by atoms with E-state index in [2.05, 4.69) is 15.2 Å². The molecule has 0 radical (unpaired) electrons. The summed E-state index contributed by atoms with van der Waals surface area (Å²) >= 11 is 0. The van der Waals surface area contributed by atoms with Gasteiger partial charge in [-0.25, -0.2) is 0 Å². The molecule has 0 atom stereocenters. The van der Waals surface area contributed by atoms with E-state index in [1.807, 2.05) is 28.8 Å². The van der Waals surface area contributed by atoms with Gasteiger partial charge in [-0.1, -0.05) is 0 Å². The summed E-state index contributed by atoms with van der Waals surface area (Å²) in [5.74, 6) is 0. The molecule has 1 N–H and O–H groups in total. The van der Waals surface area contributed by atoms with Crippen LogP contribution in [0.15, 0.2) is 30.7 Å². The van der Waals surface area contributed by atoms with Gasteiger partial charge in [-0.15, -0.1) is 10.2 Å². The lowest BCUT2D eigenvalue weighted by atomic mass is 10.4. The maximum absolute atomic E-state index is 3.95. The zero-order chi connectivity index (χ0) is 7.97. The summed E-state index contributed by atoms with van der Waals surface area (Å²) in [5.41, 5.74) is 3.09. The highest BCUT2D eigenvalue weighted by Crippen LogP contribution is 2.12. The Balaban J connectivity index is 2.71. The molecule has 0 saturated heterocycles. The van der Waals surface area contributed by atoms with Crippen molar-refractivity contribution in [2.75, 3.05) is 0 Å². The van der Waals surface area contributed by atoms with Gasteiger partial charge in [-0.3, -0.25) is 4.40 Å². The molecular weight excluding hydrogens is 152 g/mol. The normalized spacial score (nSPS) is 11.3. The topological polar surface area (TPSA) is 46.0 Å². The number of nitrogens with zero attached hydrogens (tertiary/aromatic N) is 3. The van der Waals surface area contributed by atoms with Crippen LogP contribution in [-0.2, 0) is 0 Å². The zero-order valence-electron chi connectivity index (χ0n) is 6.23. The first kappa shape index (κ1) is 5.77. The summed E-state index contributed by atoms with van der Waals surface area (Å²) < 4.78 is 1.95. The monoisotopic (exact) mass is 158 g/mol. The van der Waals surface area contributed by atoms with Crippen molar-refractivity contribution in [2.24, 2.45) is 0 Å². The van der Waals surface area contributed by atoms with E-state index in [0.717, 1.165) is 16.7 Å². The number of nitrogens with one attached hydrogen (secondary N) is 1. The Labute approximate surface area is 67.8 Å². The molecule has 3 rings (SSSR count). The molecule has 0 amide bonds. The van der Waals surface area contributed by atoms with Gasteiger partial charge in [0.1, 0.15) is 6.33 Å².